The molecule has 2 aromatic rings. The van der Waals surface area contributed by atoms with Crippen LogP contribution in [0, 0.1) is 0 Å². The highest BCUT2D eigenvalue weighted by atomic mass is 16.3. The van der Waals surface area contributed by atoms with Crippen molar-refractivity contribution in [1.29, 1.82) is 0 Å². The van der Waals surface area contributed by atoms with Gasteiger partial charge in [0, 0.05) is 5.39 Å². The van der Waals surface area contributed by atoms with Crippen molar-refractivity contribution in [3.63, 3.8) is 0 Å². The second-order valence-corrected chi connectivity index (χ2v) is 4.75. The molecule has 0 unspecified atom stereocenters. The first kappa shape index (κ1) is 11.7. The van der Waals surface area contributed by atoms with Crippen molar-refractivity contribution in [2.24, 2.45) is 0 Å². The van der Waals surface area contributed by atoms with Crippen LogP contribution >= 0.6 is 0 Å². The van der Waals surface area contributed by atoms with Crippen molar-refractivity contribution < 1.29 is 5.11 Å². The summed E-state index contributed by atoms with van der Waals surface area (Å²) in [4.78, 5) is 0. The van der Waals surface area contributed by atoms with Gasteiger partial charge in [-0.15, -0.1) is 0 Å². The van der Waals surface area contributed by atoms with Gasteiger partial charge in [-0.05, 0) is 38.1 Å². The molecular formula is C16H18O. The fourth-order valence-corrected chi connectivity index (χ4v) is 1.91. The Morgan fingerprint density at radius 2 is 1.71 bits per heavy atom. The van der Waals surface area contributed by atoms with Gasteiger partial charge in [-0.3, -0.25) is 0 Å². The van der Waals surface area contributed by atoms with Crippen LogP contribution in [0.4, 0.5) is 0 Å². The average Bonchev–Trinajstić information content (AvgIpc) is 2.33. The summed E-state index contributed by atoms with van der Waals surface area (Å²) in [6.45, 7) is 6.32. The molecule has 88 valence electrons. The number of rotatable bonds is 2. The number of fused-ring (bicyclic) bond motifs is 1. The van der Waals surface area contributed by atoms with Crippen LogP contribution in [0.1, 0.15) is 26.3 Å². The summed E-state index contributed by atoms with van der Waals surface area (Å²) in [5.41, 5.74) is 3.63. The molecule has 0 aliphatic heterocycles. The fourth-order valence-electron chi connectivity index (χ4n) is 1.91. The van der Waals surface area contributed by atoms with E-state index in [1.807, 2.05) is 30.3 Å². The zero-order valence-electron chi connectivity index (χ0n) is 10.6. The van der Waals surface area contributed by atoms with E-state index in [1.54, 1.807) is 0 Å². The number of phenolic OH excluding ortho intramolecular Hbond substituents is 1. The quantitative estimate of drug-likeness (QED) is 0.750. The Morgan fingerprint density at radius 3 is 2.41 bits per heavy atom. The minimum Gasteiger partial charge on any atom is -0.507 e. The Labute approximate surface area is 102 Å². The predicted octanol–water partition coefficient (Wildman–Crippen LogP) is 4.44. The summed E-state index contributed by atoms with van der Waals surface area (Å²) < 4.78 is 0. The zero-order valence-corrected chi connectivity index (χ0v) is 10.6. The maximum absolute atomic E-state index is 10.3. The van der Waals surface area contributed by atoms with Crippen LogP contribution < -0.4 is 0 Å². The van der Waals surface area contributed by atoms with Crippen LogP contribution in [0.2, 0.25) is 0 Å². The molecule has 0 bridgehead atoms. The first-order valence-electron chi connectivity index (χ1n) is 5.92. The highest BCUT2D eigenvalue weighted by Crippen LogP contribution is 2.30. The maximum Gasteiger partial charge on any atom is 0.126 e. The van der Waals surface area contributed by atoms with Gasteiger partial charge < -0.3 is 5.11 Å². The summed E-state index contributed by atoms with van der Waals surface area (Å²) in [7, 11) is 0. The molecule has 2 aromatic carbocycles. The Balaban J connectivity index is 2.50. The molecule has 0 aliphatic rings. The molecule has 0 heterocycles. The van der Waals surface area contributed by atoms with Crippen LogP contribution in [0.5, 0.6) is 5.75 Å². The molecule has 0 fully saturated rings. The number of benzene rings is 2. The van der Waals surface area contributed by atoms with E-state index in [-0.39, 0.29) is 0 Å². The Morgan fingerprint density at radius 1 is 1.00 bits per heavy atom. The third kappa shape index (κ3) is 2.33. The smallest absolute Gasteiger partial charge is 0.126 e. The van der Waals surface area contributed by atoms with E-state index >= 15 is 0 Å². The molecular weight excluding hydrogens is 208 g/mol. The van der Waals surface area contributed by atoms with Gasteiger partial charge in [0.2, 0.25) is 0 Å². The van der Waals surface area contributed by atoms with E-state index in [0.29, 0.717) is 5.75 Å². The molecule has 0 atom stereocenters. The second kappa shape index (κ2) is 4.62. The highest BCUT2D eigenvalue weighted by molar-refractivity contribution is 5.89. The SMILES string of the molecule is CC(C)=C(C)Cc1ccc2ccccc2c1O. The van der Waals surface area contributed by atoms with Crippen LogP contribution in [-0.2, 0) is 6.42 Å². The first-order valence-corrected chi connectivity index (χ1v) is 5.92. The van der Waals surface area contributed by atoms with Crippen molar-refractivity contribution in [2.45, 2.75) is 27.2 Å². The van der Waals surface area contributed by atoms with Gasteiger partial charge in [0.1, 0.15) is 5.75 Å². The van der Waals surface area contributed by atoms with E-state index < -0.39 is 0 Å². The molecule has 0 aliphatic carbocycles. The molecule has 0 radical (unpaired) electrons. The summed E-state index contributed by atoms with van der Waals surface area (Å²) >= 11 is 0. The Bertz CT molecular complexity index is 575. The van der Waals surface area contributed by atoms with Gasteiger partial charge in [-0.2, -0.15) is 0 Å². The molecule has 2 rings (SSSR count). The summed E-state index contributed by atoms with van der Waals surface area (Å²) in [5.74, 6) is 0.420. The van der Waals surface area contributed by atoms with Crippen LogP contribution in [-0.4, -0.2) is 5.11 Å². The summed E-state index contributed by atoms with van der Waals surface area (Å²) in [5, 5.41) is 12.3. The van der Waals surface area contributed by atoms with Crippen molar-refractivity contribution >= 4 is 10.8 Å². The lowest BCUT2D eigenvalue weighted by atomic mass is 9.98. The standard InChI is InChI=1S/C16H18O/c1-11(2)12(3)10-14-9-8-13-6-4-5-7-15(13)16(14)17/h4-9,17H,10H2,1-3H3. The lowest BCUT2D eigenvalue weighted by molar-refractivity contribution is 0.475. The number of hydrogen-bond donors (Lipinski definition) is 1. The zero-order chi connectivity index (χ0) is 12.4. The first-order chi connectivity index (χ1) is 8.09. The van der Waals surface area contributed by atoms with Crippen LogP contribution in [0.15, 0.2) is 47.5 Å². The van der Waals surface area contributed by atoms with E-state index in [0.717, 1.165) is 22.8 Å². The lowest BCUT2D eigenvalue weighted by Crippen LogP contribution is -1.90. The molecule has 0 saturated carbocycles. The number of aromatic hydroxyl groups is 1. The van der Waals surface area contributed by atoms with E-state index in [1.165, 1.54) is 11.1 Å². The molecule has 1 heteroatoms. The Hall–Kier alpha value is -1.76. The molecule has 0 aromatic heterocycles. The maximum atomic E-state index is 10.3. The van der Waals surface area contributed by atoms with Gasteiger partial charge in [-0.25, -0.2) is 0 Å². The van der Waals surface area contributed by atoms with E-state index in [2.05, 4.69) is 26.8 Å². The number of hydrogen-bond acceptors (Lipinski definition) is 1. The van der Waals surface area contributed by atoms with Gasteiger partial charge in [0.25, 0.3) is 0 Å². The normalized spacial score (nSPS) is 10.5. The van der Waals surface area contributed by atoms with E-state index in [4.69, 9.17) is 0 Å². The minimum absolute atomic E-state index is 0.420. The fraction of sp³-hybridized carbons (Fsp3) is 0.250. The third-order valence-electron chi connectivity index (χ3n) is 3.29. The third-order valence-corrected chi connectivity index (χ3v) is 3.29. The molecule has 0 amide bonds. The van der Waals surface area contributed by atoms with Crippen molar-refractivity contribution in [3.05, 3.63) is 53.1 Å². The molecule has 0 spiro atoms. The van der Waals surface area contributed by atoms with Gasteiger partial charge >= 0.3 is 0 Å². The van der Waals surface area contributed by atoms with Crippen molar-refractivity contribution in [1.82, 2.24) is 0 Å². The minimum atomic E-state index is 0.420. The molecule has 0 saturated heterocycles. The second-order valence-electron chi connectivity index (χ2n) is 4.75. The molecule has 17 heavy (non-hydrogen) atoms. The van der Waals surface area contributed by atoms with Gasteiger partial charge in [0.05, 0.1) is 0 Å². The van der Waals surface area contributed by atoms with Gasteiger partial charge in [-0.1, -0.05) is 47.5 Å². The monoisotopic (exact) mass is 226 g/mol. The lowest BCUT2D eigenvalue weighted by Gasteiger charge is -2.09. The largest absolute Gasteiger partial charge is 0.507 e. The number of allylic oxidation sites excluding steroid dienone is 2. The van der Waals surface area contributed by atoms with Crippen molar-refractivity contribution in [2.75, 3.05) is 0 Å². The highest BCUT2D eigenvalue weighted by Gasteiger charge is 2.06. The average molecular weight is 226 g/mol. The van der Waals surface area contributed by atoms with Crippen LogP contribution in [0.25, 0.3) is 10.8 Å². The predicted molar refractivity (Wildman–Crippen MR) is 73.4 cm³/mol. The number of phenols is 1. The summed E-state index contributed by atoms with van der Waals surface area (Å²) in [6.07, 6.45) is 0.818. The van der Waals surface area contributed by atoms with Crippen LogP contribution in [0.3, 0.4) is 0 Å². The molecule has 1 nitrogen and oxygen atoms in total. The molecule has 1 N–H and O–H groups in total. The Kier molecular flexibility index (Phi) is 3.19. The van der Waals surface area contributed by atoms with Crippen molar-refractivity contribution in [3.8, 4) is 5.75 Å². The summed E-state index contributed by atoms with van der Waals surface area (Å²) in [6, 6.07) is 12.0. The van der Waals surface area contributed by atoms with Gasteiger partial charge in [0.15, 0.2) is 0 Å². The topological polar surface area (TPSA) is 20.2 Å². The van der Waals surface area contributed by atoms with E-state index in [9.17, 15) is 5.11 Å².